The fourth-order valence-electron chi connectivity index (χ4n) is 4.87. The van der Waals surface area contributed by atoms with Gasteiger partial charge >= 0.3 is 11.9 Å². The van der Waals surface area contributed by atoms with E-state index in [1.165, 1.54) is 0 Å². The zero-order valence-electron chi connectivity index (χ0n) is 19.9. The van der Waals surface area contributed by atoms with Gasteiger partial charge in [-0.05, 0) is 69.5 Å². The van der Waals surface area contributed by atoms with Gasteiger partial charge in [0.1, 0.15) is 0 Å². The van der Waals surface area contributed by atoms with Crippen LogP contribution < -0.4 is 0 Å². The van der Waals surface area contributed by atoms with E-state index in [2.05, 4.69) is 32.0 Å². The third kappa shape index (κ3) is 4.60. The number of benzene rings is 4. The van der Waals surface area contributed by atoms with E-state index in [9.17, 15) is 19.8 Å². The SMILES string of the molecule is CCCc1cc(-c2ccccc2)c(CC)c(-c2ccccc2C(=O)O)c1-c1ccccc1C(=O)O. The van der Waals surface area contributed by atoms with E-state index in [0.717, 1.165) is 46.2 Å². The first kappa shape index (κ1) is 24.0. The Morgan fingerprint density at radius 2 is 1.17 bits per heavy atom. The lowest BCUT2D eigenvalue weighted by atomic mass is 9.79. The molecule has 0 spiro atoms. The Morgan fingerprint density at radius 1 is 0.657 bits per heavy atom. The molecule has 0 radical (unpaired) electrons. The first-order valence-electron chi connectivity index (χ1n) is 11.9. The smallest absolute Gasteiger partial charge is 0.336 e. The molecule has 0 fully saturated rings. The molecule has 4 aromatic carbocycles. The molecule has 0 amide bonds. The van der Waals surface area contributed by atoms with E-state index in [4.69, 9.17) is 0 Å². The first-order chi connectivity index (χ1) is 17.0. The van der Waals surface area contributed by atoms with Crippen LogP contribution in [0.1, 0.15) is 52.1 Å². The first-order valence-corrected chi connectivity index (χ1v) is 11.9. The fourth-order valence-corrected chi connectivity index (χ4v) is 4.87. The highest BCUT2D eigenvalue weighted by Gasteiger charge is 2.25. The highest BCUT2D eigenvalue weighted by molar-refractivity contribution is 6.05. The summed E-state index contributed by atoms with van der Waals surface area (Å²) < 4.78 is 0. The van der Waals surface area contributed by atoms with Gasteiger partial charge in [0.25, 0.3) is 0 Å². The van der Waals surface area contributed by atoms with E-state index < -0.39 is 11.9 Å². The molecular weight excluding hydrogens is 436 g/mol. The van der Waals surface area contributed by atoms with Gasteiger partial charge in [-0.1, -0.05) is 93.1 Å². The van der Waals surface area contributed by atoms with Crippen molar-refractivity contribution in [2.75, 3.05) is 0 Å². The normalized spacial score (nSPS) is 10.8. The zero-order chi connectivity index (χ0) is 24.9. The lowest BCUT2D eigenvalue weighted by Gasteiger charge is -2.24. The van der Waals surface area contributed by atoms with E-state index in [1.807, 2.05) is 42.5 Å². The van der Waals surface area contributed by atoms with Gasteiger partial charge < -0.3 is 10.2 Å². The van der Waals surface area contributed by atoms with Gasteiger partial charge in [-0.2, -0.15) is 0 Å². The highest BCUT2D eigenvalue weighted by Crippen LogP contribution is 2.45. The second kappa shape index (κ2) is 10.4. The van der Waals surface area contributed by atoms with Crippen molar-refractivity contribution < 1.29 is 19.8 Å². The van der Waals surface area contributed by atoms with Gasteiger partial charge in [-0.3, -0.25) is 0 Å². The molecule has 0 aliphatic carbocycles. The summed E-state index contributed by atoms with van der Waals surface area (Å²) >= 11 is 0. The Bertz CT molecular complexity index is 1390. The van der Waals surface area contributed by atoms with Gasteiger partial charge in [0.15, 0.2) is 0 Å². The molecule has 0 aliphatic heterocycles. The van der Waals surface area contributed by atoms with Crippen molar-refractivity contribution in [1.82, 2.24) is 0 Å². The van der Waals surface area contributed by atoms with E-state index in [1.54, 1.807) is 24.3 Å². The second-order valence-corrected chi connectivity index (χ2v) is 8.48. The number of aromatic carboxylic acids is 2. The van der Waals surface area contributed by atoms with E-state index in [0.29, 0.717) is 17.5 Å². The Labute approximate surface area is 205 Å². The molecule has 176 valence electrons. The number of hydrogen-bond donors (Lipinski definition) is 2. The highest BCUT2D eigenvalue weighted by atomic mass is 16.4. The Balaban J connectivity index is 2.24. The van der Waals surface area contributed by atoms with Crippen LogP contribution in [0.5, 0.6) is 0 Å². The summed E-state index contributed by atoms with van der Waals surface area (Å²) in [5, 5.41) is 20.1. The minimum absolute atomic E-state index is 0.198. The largest absolute Gasteiger partial charge is 0.478 e. The number of aryl methyl sites for hydroxylation is 1. The molecular formula is C31H28O4. The van der Waals surface area contributed by atoms with Crippen molar-refractivity contribution in [3.8, 4) is 33.4 Å². The number of hydrogen-bond acceptors (Lipinski definition) is 2. The third-order valence-corrected chi connectivity index (χ3v) is 6.33. The minimum Gasteiger partial charge on any atom is -0.478 e. The maximum Gasteiger partial charge on any atom is 0.336 e. The average Bonchev–Trinajstić information content (AvgIpc) is 2.88. The van der Waals surface area contributed by atoms with Crippen LogP contribution in [0.15, 0.2) is 84.9 Å². The zero-order valence-corrected chi connectivity index (χ0v) is 19.9. The summed E-state index contributed by atoms with van der Waals surface area (Å²) in [4.78, 5) is 24.5. The Morgan fingerprint density at radius 3 is 1.69 bits per heavy atom. The van der Waals surface area contributed by atoms with Crippen LogP contribution >= 0.6 is 0 Å². The molecule has 35 heavy (non-hydrogen) atoms. The van der Waals surface area contributed by atoms with Gasteiger partial charge in [0.05, 0.1) is 11.1 Å². The molecule has 0 saturated carbocycles. The molecule has 4 rings (SSSR count). The quantitative estimate of drug-likeness (QED) is 0.282. The summed E-state index contributed by atoms with van der Waals surface area (Å²) in [6.45, 7) is 4.15. The number of carboxylic acid groups (broad SMARTS) is 2. The molecule has 0 heterocycles. The number of rotatable bonds is 8. The molecule has 0 aliphatic rings. The van der Waals surface area contributed by atoms with Crippen molar-refractivity contribution in [3.05, 3.63) is 107 Å². The Hall–Kier alpha value is -4.18. The second-order valence-electron chi connectivity index (χ2n) is 8.48. The fraction of sp³-hybridized carbons (Fsp3) is 0.161. The van der Waals surface area contributed by atoms with Crippen LogP contribution in [0, 0.1) is 0 Å². The summed E-state index contributed by atoms with van der Waals surface area (Å²) in [5.41, 5.74) is 7.30. The van der Waals surface area contributed by atoms with Crippen molar-refractivity contribution in [3.63, 3.8) is 0 Å². The van der Waals surface area contributed by atoms with Crippen LogP contribution in [0.3, 0.4) is 0 Å². The summed E-state index contributed by atoms with van der Waals surface area (Å²) in [6.07, 6.45) is 2.25. The van der Waals surface area contributed by atoms with Crippen LogP contribution in [0.2, 0.25) is 0 Å². The van der Waals surface area contributed by atoms with Crippen molar-refractivity contribution >= 4 is 11.9 Å². The standard InChI is InChI=1S/C31H28O4/c1-3-12-21-19-27(20-13-6-5-7-14-20)22(4-2)29(24-16-9-11-18-26(24)31(34)35)28(21)23-15-8-10-17-25(23)30(32)33/h5-11,13-19H,3-4,12H2,1-2H3,(H,32,33)(H,34,35). The third-order valence-electron chi connectivity index (χ3n) is 6.33. The van der Waals surface area contributed by atoms with Gasteiger partial charge in [-0.15, -0.1) is 0 Å². The van der Waals surface area contributed by atoms with Gasteiger partial charge in [0, 0.05) is 0 Å². The van der Waals surface area contributed by atoms with Gasteiger partial charge in [0.2, 0.25) is 0 Å². The molecule has 0 bridgehead atoms. The number of carboxylic acids is 2. The molecule has 4 heteroatoms. The summed E-state index contributed by atoms with van der Waals surface area (Å²) in [7, 11) is 0. The van der Waals surface area contributed by atoms with Crippen molar-refractivity contribution in [2.24, 2.45) is 0 Å². The van der Waals surface area contributed by atoms with E-state index in [-0.39, 0.29) is 11.1 Å². The lowest BCUT2D eigenvalue weighted by molar-refractivity contribution is 0.0686. The van der Waals surface area contributed by atoms with Crippen LogP contribution in [0.4, 0.5) is 0 Å². The van der Waals surface area contributed by atoms with Crippen molar-refractivity contribution in [1.29, 1.82) is 0 Å². The predicted octanol–water partition coefficient (Wildman–Crippen LogP) is 7.60. The lowest BCUT2D eigenvalue weighted by Crippen LogP contribution is -2.08. The van der Waals surface area contributed by atoms with Crippen LogP contribution in [-0.4, -0.2) is 22.2 Å². The molecule has 4 aromatic rings. The summed E-state index contributed by atoms with van der Waals surface area (Å²) in [6, 6.07) is 26.2. The molecule has 0 atom stereocenters. The average molecular weight is 465 g/mol. The molecule has 0 saturated heterocycles. The molecule has 2 N–H and O–H groups in total. The maximum absolute atomic E-state index is 12.3. The molecule has 4 nitrogen and oxygen atoms in total. The maximum atomic E-state index is 12.3. The van der Waals surface area contributed by atoms with E-state index >= 15 is 0 Å². The minimum atomic E-state index is -1.01. The summed E-state index contributed by atoms with van der Waals surface area (Å²) in [5.74, 6) is -2.02. The Kier molecular flexibility index (Phi) is 7.11. The predicted molar refractivity (Wildman–Crippen MR) is 140 cm³/mol. The monoisotopic (exact) mass is 464 g/mol. The molecule has 0 aromatic heterocycles. The topological polar surface area (TPSA) is 74.6 Å². The van der Waals surface area contributed by atoms with Crippen LogP contribution in [0.25, 0.3) is 33.4 Å². The number of carbonyl (C=O) groups is 2. The van der Waals surface area contributed by atoms with Crippen LogP contribution in [-0.2, 0) is 12.8 Å². The van der Waals surface area contributed by atoms with Gasteiger partial charge in [-0.25, -0.2) is 9.59 Å². The van der Waals surface area contributed by atoms with Crippen molar-refractivity contribution in [2.45, 2.75) is 33.1 Å². The molecule has 0 unspecified atom stereocenters.